The summed E-state index contributed by atoms with van der Waals surface area (Å²) in [5.74, 6) is 0. The van der Waals surface area contributed by atoms with Crippen molar-refractivity contribution >= 4 is 22.7 Å². The number of rotatable bonds is 8. The van der Waals surface area contributed by atoms with E-state index in [1.807, 2.05) is 0 Å². The average molecular weight is 919 g/mol. The van der Waals surface area contributed by atoms with Gasteiger partial charge in [0.15, 0.2) is 0 Å². The molecule has 0 aliphatic heterocycles. The van der Waals surface area contributed by atoms with Crippen LogP contribution in [0.2, 0.25) is 0 Å². The van der Waals surface area contributed by atoms with Crippen LogP contribution >= 0.6 is 0 Å². The highest BCUT2D eigenvalue weighted by Crippen LogP contribution is 2.57. The summed E-state index contributed by atoms with van der Waals surface area (Å²) in [6.45, 7) is 32.8. The molecule has 0 atom stereocenters. The lowest BCUT2D eigenvalue weighted by Gasteiger charge is -2.43. The summed E-state index contributed by atoms with van der Waals surface area (Å²) in [6, 6.07) is 62.5. The summed E-state index contributed by atoms with van der Waals surface area (Å²) < 4.78 is 0. The molecule has 0 N–H and O–H groups in total. The lowest BCUT2D eigenvalue weighted by atomic mass is 9.79. The van der Waals surface area contributed by atoms with Crippen molar-refractivity contribution in [2.45, 2.75) is 132 Å². The molecule has 10 rings (SSSR count). The molecule has 0 heterocycles. The second-order valence-electron chi connectivity index (χ2n) is 22.7. The molecule has 70 heavy (non-hydrogen) atoms. The fourth-order valence-corrected chi connectivity index (χ4v) is 12.1. The maximum Gasteiger partial charge on any atom is 0.0496 e. The van der Waals surface area contributed by atoms with Crippen molar-refractivity contribution in [1.29, 1.82) is 0 Å². The number of benzene rings is 8. The zero-order valence-electron chi connectivity index (χ0n) is 44.5. The highest BCUT2D eigenvalue weighted by molar-refractivity contribution is 5.92. The smallest absolute Gasteiger partial charge is 0.0496 e. The summed E-state index contributed by atoms with van der Waals surface area (Å²) in [7, 11) is 0. The molecule has 2 heteroatoms. The molecule has 2 aliphatic rings. The molecule has 2 nitrogen and oxygen atoms in total. The van der Waals surface area contributed by atoms with Gasteiger partial charge in [0.1, 0.15) is 0 Å². The van der Waals surface area contributed by atoms with Gasteiger partial charge in [-0.05, 0) is 169 Å². The Morgan fingerprint density at radius 3 is 1.33 bits per heavy atom. The number of aryl methyl sites for hydroxylation is 2. The Morgan fingerprint density at radius 2 is 0.814 bits per heavy atom. The van der Waals surface area contributed by atoms with Gasteiger partial charge in [0.05, 0.1) is 0 Å². The number of anilines is 4. The van der Waals surface area contributed by atoms with Gasteiger partial charge < -0.3 is 9.80 Å². The summed E-state index contributed by atoms with van der Waals surface area (Å²) >= 11 is 0. The highest BCUT2D eigenvalue weighted by atomic mass is 15.2. The first kappa shape index (κ1) is 48.4. The highest BCUT2D eigenvalue weighted by Gasteiger charge is 2.43. The summed E-state index contributed by atoms with van der Waals surface area (Å²) in [6.07, 6.45) is 1.98. The van der Waals surface area contributed by atoms with Gasteiger partial charge in [0.2, 0.25) is 0 Å². The Kier molecular flexibility index (Phi) is 12.6. The van der Waals surface area contributed by atoms with Crippen LogP contribution in [0.5, 0.6) is 0 Å². The first-order chi connectivity index (χ1) is 33.3. The van der Waals surface area contributed by atoms with E-state index < -0.39 is 0 Å². The van der Waals surface area contributed by atoms with Crippen LogP contribution in [0, 0.1) is 13.8 Å². The molecule has 0 unspecified atom stereocenters. The van der Waals surface area contributed by atoms with Crippen LogP contribution in [0.3, 0.4) is 0 Å². The van der Waals surface area contributed by atoms with Crippen molar-refractivity contribution in [3.63, 3.8) is 0 Å². The molecule has 0 saturated heterocycles. The molecular formula is C68H74N2. The zero-order valence-corrected chi connectivity index (χ0v) is 44.5. The maximum atomic E-state index is 2.66. The standard InChI is InChI=1S/C35H39N.C33H35N/c1-8-24-22-23-29-28-18-13-14-20-30(28)35(6,7)32(29)33(24)36(34(3,4)5)31-21-15-19-27(26(31)9-2)25-16-11-10-12-17-25;1-22-20-21-27-26-16-11-12-18-28(26)33(6,7)30(27)31(22)34(32(3,4)5)29-19-13-17-25(23(29)2)24-14-9-8-10-15-24/h10-23H,8-9H2,1-7H3;8-21H,1-7H3. The van der Waals surface area contributed by atoms with Crippen molar-refractivity contribution in [3.05, 3.63) is 214 Å². The third-order valence-electron chi connectivity index (χ3n) is 15.3. The Bertz CT molecular complexity index is 3210. The van der Waals surface area contributed by atoms with Gasteiger partial charge in [-0.25, -0.2) is 0 Å². The van der Waals surface area contributed by atoms with Crippen LogP contribution < -0.4 is 9.80 Å². The van der Waals surface area contributed by atoms with E-state index in [1.165, 1.54) is 112 Å². The quantitative estimate of drug-likeness (QED) is 0.150. The molecule has 0 fully saturated rings. The first-order valence-corrected chi connectivity index (χ1v) is 25.7. The van der Waals surface area contributed by atoms with Crippen molar-refractivity contribution in [1.82, 2.24) is 0 Å². The van der Waals surface area contributed by atoms with Gasteiger partial charge in [-0.3, -0.25) is 0 Å². The molecule has 0 saturated carbocycles. The van der Waals surface area contributed by atoms with Gasteiger partial charge in [-0.15, -0.1) is 0 Å². The van der Waals surface area contributed by atoms with E-state index in [0.717, 1.165) is 12.8 Å². The molecule has 356 valence electrons. The van der Waals surface area contributed by atoms with Crippen LogP contribution in [0.25, 0.3) is 44.5 Å². The summed E-state index contributed by atoms with van der Waals surface area (Å²) in [5.41, 5.74) is 26.9. The fraction of sp³-hybridized carbons (Fsp3) is 0.294. The molecule has 0 amide bonds. The largest absolute Gasteiger partial charge is 0.335 e. The van der Waals surface area contributed by atoms with Gasteiger partial charge in [-0.1, -0.05) is 199 Å². The molecule has 0 spiro atoms. The van der Waals surface area contributed by atoms with Gasteiger partial charge in [-0.2, -0.15) is 0 Å². The third kappa shape index (κ3) is 8.18. The Balaban J connectivity index is 0.000000174. The second-order valence-corrected chi connectivity index (χ2v) is 22.7. The minimum Gasteiger partial charge on any atom is -0.335 e. The fourth-order valence-electron chi connectivity index (χ4n) is 12.1. The van der Waals surface area contributed by atoms with E-state index >= 15 is 0 Å². The van der Waals surface area contributed by atoms with Crippen LogP contribution in [0.1, 0.15) is 128 Å². The van der Waals surface area contributed by atoms with Gasteiger partial charge in [0, 0.05) is 44.7 Å². The maximum absolute atomic E-state index is 2.66. The van der Waals surface area contributed by atoms with Gasteiger partial charge >= 0.3 is 0 Å². The Morgan fingerprint density at radius 1 is 0.386 bits per heavy atom. The van der Waals surface area contributed by atoms with E-state index in [9.17, 15) is 0 Å². The summed E-state index contributed by atoms with van der Waals surface area (Å²) in [4.78, 5) is 5.25. The van der Waals surface area contributed by atoms with Crippen LogP contribution in [-0.4, -0.2) is 11.1 Å². The predicted octanol–water partition coefficient (Wildman–Crippen LogP) is 18.9. The van der Waals surface area contributed by atoms with E-state index in [1.54, 1.807) is 0 Å². The zero-order chi connectivity index (χ0) is 49.9. The van der Waals surface area contributed by atoms with Crippen LogP contribution in [-0.2, 0) is 23.7 Å². The molecule has 0 aromatic heterocycles. The molecule has 2 aliphatic carbocycles. The number of fused-ring (bicyclic) bond motifs is 6. The molecule has 0 bridgehead atoms. The minimum absolute atomic E-state index is 0.0677. The lowest BCUT2D eigenvalue weighted by Crippen LogP contribution is -2.40. The van der Waals surface area contributed by atoms with Crippen LogP contribution in [0.4, 0.5) is 22.7 Å². The van der Waals surface area contributed by atoms with E-state index in [0.29, 0.717) is 0 Å². The van der Waals surface area contributed by atoms with Crippen molar-refractivity contribution in [3.8, 4) is 44.5 Å². The molecule has 8 aromatic rings. The van der Waals surface area contributed by atoms with Gasteiger partial charge in [0.25, 0.3) is 0 Å². The van der Waals surface area contributed by atoms with E-state index in [-0.39, 0.29) is 21.9 Å². The number of hydrogen-bond donors (Lipinski definition) is 0. The SMILES string of the molecule is CCc1ccc2c(c1N(c1cccc(-c3ccccc3)c1CC)C(C)(C)C)C(C)(C)c1ccccc1-2.Cc1ccc2c(c1N(c1cccc(-c3ccccc3)c1C)C(C)(C)C)C(C)(C)c1ccccc1-2. The van der Waals surface area contributed by atoms with Crippen molar-refractivity contribution < 1.29 is 0 Å². The predicted molar refractivity (Wildman–Crippen MR) is 304 cm³/mol. The molecule has 8 aromatic carbocycles. The van der Waals surface area contributed by atoms with Crippen LogP contribution in [0.15, 0.2) is 170 Å². The Hall–Kier alpha value is -6.64. The van der Waals surface area contributed by atoms with E-state index in [4.69, 9.17) is 0 Å². The average Bonchev–Trinajstić information content (AvgIpc) is 3.72. The normalized spacial score (nSPS) is 13.9. The third-order valence-corrected chi connectivity index (χ3v) is 15.3. The minimum atomic E-state index is -0.108. The monoisotopic (exact) mass is 919 g/mol. The Labute approximate surface area is 421 Å². The molecule has 0 radical (unpaired) electrons. The number of nitrogens with zero attached hydrogens (tertiary/aromatic N) is 2. The second kappa shape index (κ2) is 18.3. The van der Waals surface area contributed by atoms with Crippen molar-refractivity contribution in [2.75, 3.05) is 9.80 Å². The number of hydrogen-bond acceptors (Lipinski definition) is 2. The molecular weight excluding hydrogens is 845 g/mol. The van der Waals surface area contributed by atoms with E-state index in [2.05, 4.69) is 277 Å². The topological polar surface area (TPSA) is 6.48 Å². The van der Waals surface area contributed by atoms with Crippen molar-refractivity contribution in [2.24, 2.45) is 0 Å². The lowest BCUT2D eigenvalue weighted by molar-refractivity contribution is 0.550. The first-order valence-electron chi connectivity index (χ1n) is 25.7. The summed E-state index contributed by atoms with van der Waals surface area (Å²) in [5, 5.41) is 0.